The van der Waals surface area contributed by atoms with E-state index in [0.717, 1.165) is 0 Å². The van der Waals surface area contributed by atoms with Crippen molar-refractivity contribution in [3.05, 3.63) is 117 Å². The molecule has 0 heterocycles. The fraction of sp³-hybridized carbons (Fsp3) is 0.240. The van der Waals surface area contributed by atoms with Crippen LogP contribution in [0.4, 0.5) is 0 Å². The summed E-state index contributed by atoms with van der Waals surface area (Å²) < 4.78 is 0. The number of hydrogen-bond donors (Lipinski definition) is 0. The minimum absolute atomic E-state index is 0. The molecule has 2 saturated carbocycles. The van der Waals surface area contributed by atoms with Gasteiger partial charge in [-0.15, -0.1) is 0 Å². The molecule has 2 fully saturated rings. The zero-order chi connectivity index (χ0) is 18.7. The number of rotatable bonds is 0. The Kier molecular flexibility index (Phi) is 15.1. The molecule has 2 aliphatic carbocycles. The Bertz CT molecular complexity index is 358. The molecule has 0 saturated heterocycles. The van der Waals surface area contributed by atoms with Gasteiger partial charge in [0.05, 0.1) is 0 Å². The summed E-state index contributed by atoms with van der Waals surface area (Å²) in [4.78, 5) is 0. The van der Waals surface area contributed by atoms with E-state index in [4.69, 9.17) is 0 Å². The van der Waals surface area contributed by atoms with Crippen LogP contribution in [0.1, 0.15) is 40.2 Å². The molecule has 2 aliphatic rings. The van der Waals surface area contributed by atoms with E-state index in [1.807, 2.05) is 75.6 Å². The second-order valence-corrected chi connectivity index (χ2v) is 6.24. The molecule has 1 heteroatoms. The average molecular weight is 422 g/mol. The Morgan fingerprint density at radius 2 is 0.692 bits per heavy atom. The molecule has 0 bridgehead atoms. The first-order valence-corrected chi connectivity index (χ1v) is 8.74. The van der Waals surface area contributed by atoms with Crippen LogP contribution in [0.25, 0.3) is 0 Å². The molecule has 1 aromatic carbocycles. The molecule has 3 rings (SSSR count). The van der Waals surface area contributed by atoms with Gasteiger partial charge in [-0.3, -0.25) is 0 Å². The molecule has 0 amide bonds. The van der Waals surface area contributed by atoms with Gasteiger partial charge in [-0.25, -0.2) is 0 Å². The predicted octanol–water partition coefficient (Wildman–Crippen LogP) is 6.40. The monoisotopic (exact) mass is 420 g/mol. The van der Waals surface area contributed by atoms with Crippen LogP contribution in [0, 0.1) is 93.9 Å². The quantitative estimate of drug-likeness (QED) is 0.425. The first-order chi connectivity index (χ1) is 11.9. The summed E-state index contributed by atoms with van der Waals surface area (Å²) >= 11 is 0. The SMILES string of the molecule is C[C]1[C](C)[C](C)[C](C)[C]1C.Cc1cc[c-]cc1.[CH]1[CH][CH][CH][CH][CH][CH][CH]1.[Zr]. The van der Waals surface area contributed by atoms with Gasteiger partial charge in [-0.2, -0.15) is 35.9 Å². The molecular formula is C25H30Zr-. The van der Waals surface area contributed by atoms with Gasteiger partial charge in [-0.1, -0.05) is 41.5 Å². The summed E-state index contributed by atoms with van der Waals surface area (Å²) in [5.41, 5.74) is 1.29. The molecule has 0 spiro atoms. The van der Waals surface area contributed by atoms with Crippen molar-refractivity contribution in [1.82, 2.24) is 0 Å². The standard InChI is InChI=1S/C10H15.C8H8.C7H7.Zr/c1-6-7(2)9(4)10(5)8(6)3;1-2-4-6-8-7-5-3-1;1-7-5-3-2-4-6-7;/h1-5H3;1-8H;3-6H,1H3;/q;;-1;. The Morgan fingerprint density at radius 3 is 0.846 bits per heavy atom. The summed E-state index contributed by atoms with van der Waals surface area (Å²) in [7, 11) is 0. The minimum atomic E-state index is 0. The van der Waals surface area contributed by atoms with Crippen molar-refractivity contribution in [3.8, 4) is 0 Å². The Morgan fingerprint density at radius 1 is 0.462 bits per heavy atom. The van der Waals surface area contributed by atoms with Crippen molar-refractivity contribution in [2.24, 2.45) is 0 Å². The van der Waals surface area contributed by atoms with Gasteiger partial charge >= 0.3 is 0 Å². The molecule has 1 aromatic rings. The van der Waals surface area contributed by atoms with Gasteiger partial charge < -0.3 is 0 Å². The van der Waals surface area contributed by atoms with Crippen LogP contribution in [-0.2, 0) is 26.2 Å². The third-order valence-corrected chi connectivity index (χ3v) is 4.59. The second kappa shape index (κ2) is 15.1. The van der Waals surface area contributed by atoms with E-state index >= 15 is 0 Å². The van der Waals surface area contributed by atoms with Gasteiger partial charge in [0, 0.05) is 26.2 Å². The fourth-order valence-corrected chi connectivity index (χ4v) is 2.39. The third-order valence-electron chi connectivity index (χ3n) is 4.59. The smallest absolute Gasteiger partial charge is 0 e. The zero-order valence-corrected chi connectivity index (χ0v) is 19.4. The molecule has 0 aromatic heterocycles. The molecule has 0 nitrogen and oxygen atoms in total. The van der Waals surface area contributed by atoms with Crippen molar-refractivity contribution in [3.63, 3.8) is 0 Å². The van der Waals surface area contributed by atoms with Crippen LogP contribution in [0.2, 0.25) is 0 Å². The molecule has 0 N–H and O–H groups in total. The Labute approximate surface area is 184 Å². The molecule has 13 radical (unpaired) electrons. The summed E-state index contributed by atoms with van der Waals surface area (Å²) in [6.45, 7) is 13.1. The van der Waals surface area contributed by atoms with E-state index < -0.39 is 0 Å². The molecule has 0 aliphatic heterocycles. The number of hydrogen-bond acceptors (Lipinski definition) is 0. The first-order valence-electron chi connectivity index (χ1n) is 8.74. The van der Waals surface area contributed by atoms with E-state index in [-0.39, 0.29) is 26.2 Å². The summed E-state index contributed by atoms with van der Waals surface area (Å²) in [5, 5.41) is 0. The molecule has 0 unspecified atom stereocenters. The number of aryl methyl sites for hydroxylation is 1. The fourth-order valence-electron chi connectivity index (χ4n) is 2.39. The average Bonchev–Trinajstić information content (AvgIpc) is 2.74. The minimum Gasteiger partial charge on any atom is -0.184 e. The van der Waals surface area contributed by atoms with E-state index in [9.17, 15) is 0 Å². The summed E-state index contributed by atoms with van der Waals surface area (Å²) in [6, 6.07) is 10.8. The van der Waals surface area contributed by atoms with Gasteiger partial charge in [0.2, 0.25) is 0 Å². The van der Waals surface area contributed by atoms with Crippen LogP contribution in [0.5, 0.6) is 0 Å². The number of benzene rings is 1. The molecule has 0 atom stereocenters. The van der Waals surface area contributed by atoms with Crippen LogP contribution in [-0.4, -0.2) is 0 Å². The van der Waals surface area contributed by atoms with Crippen molar-refractivity contribution in [2.45, 2.75) is 41.5 Å². The van der Waals surface area contributed by atoms with E-state index in [1.54, 1.807) is 0 Å². The van der Waals surface area contributed by atoms with Crippen molar-refractivity contribution >= 4 is 0 Å². The van der Waals surface area contributed by atoms with Crippen LogP contribution >= 0.6 is 0 Å². The molecule has 26 heavy (non-hydrogen) atoms. The third kappa shape index (κ3) is 9.87. The maximum absolute atomic E-state index is 2.93. The molecule has 135 valence electrons. The van der Waals surface area contributed by atoms with Gasteiger partial charge in [0.1, 0.15) is 0 Å². The Balaban J connectivity index is 0.000000359. The van der Waals surface area contributed by atoms with E-state index in [0.29, 0.717) is 0 Å². The van der Waals surface area contributed by atoms with Crippen LogP contribution < -0.4 is 0 Å². The van der Waals surface area contributed by atoms with Crippen LogP contribution in [0.15, 0.2) is 24.3 Å². The van der Waals surface area contributed by atoms with E-state index in [1.165, 1.54) is 35.2 Å². The zero-order valence-electron chi connectivity index (χ0n) is 16.9. The van der Waals surface area contributed by atoms with Gasteiger partial charge in [0.25, 0.3) is 0 Å². The van der Waals surface area contributed by atoms with E-state index in [2.05, 4.69) is 47.6 Å². The van der Waals surface area contributed by atoms with Crippen LogP contribution in [0.3, 0.4) is 0 Å². The van der Waals surface area contributed by atoms with Crippen molar-refractivity contribution < 1.29 is 26.2 Å². The second-order valence-electron chi connectivity index (χ2n) is 6.24. The van der Waals surface area contributed by atoms with Gasteiger partial charge in [0.15, 0.2) is 0 Å². The maximum atomic E-state index is 2.93. The molecular weight excluding hydrogens is 391 g/mol. The van der Waals surface area contributed by atoms with Gasteiger partial charge in [-0.05, 0) is 81.0 Å². The largest absolute Gasteiger partial charge is 0.184 e. The topological polar surface area (TPSA) is 0 Å². The maximum Gasteiger partial charge on any atom is 0 e. The Hall–Kier alpha value is 0.103. The van der Waals surface area contributed by atoms with Crippen molar-refractivity contribution in [2.75, 3.05) is 0 Å². The predicted molar refractivity (Wildman–Crippen MR) is 109 cm³/mol. The summed E-state index contributed by atoms with van der Waals surface area (Å²) in [6.07, 6.45) is 16.0. The van der Waals surface area contributed by atoms with Crippen molar-refractivity contribution in [1.29, 1.82) is 0 Å². The normalized spacial score (nSPS) is 20.7. The summed E-state index contributed by atoms with van der Waals surface area (Å²) in [5.74, 6) is 7.34. The first kappa shape index (κ1) is 26.1.